The summed E-state index contributed by atoms with van der Waals surface area (Å²) in [4.78, 5) is 21.8. The second-order valence-electron chi connectivity index (χ2n) is 6.38. The molecule has 9 heteroatoms. The third-order valence-corrected chi connectivity index (χ3v) is 7.71. The predicted octanol–water partition coefficient (Wildman–Crippen LogP) is 2.97. The predicted molar refractivity (Wildman–Crippen MR) is 107 cm³/mol. The van der Waals surface area contributed by atoms with Gasteiger partial charge in [0.2, 0.25) is 5.91 Å². The van der Waals surface area contributed by atoms with Crippen molar-refractivity contribution in [3.05, 3.63) is 34.9 Å². The summed E-state index contributed by atoms with van der Waals surface area (Å²) in [5, 5.41) is 0.309. The van der Waals surface area contributed by atoms with E-state index in [2.05, 4.69) is 25.9 Å². The van der Waals surface area contributed by atoms with Crippen molar-refractivity contribution in [2.45, 2.75) is 29.8 Å². The molecule has 0 unspecified atom stereocenters. The lowest BCUT2D eigenvalue weighted by molar-refractivity contribution is -0.130. The van der Waals surface area contributed by atoms with Gasteiger partial charge < -0.3 is 9.88 Å². The number of sulfone groups is 1. The molecule has 1 aliphatic heterocycles. The summed E-state index contributed by atoms with van der Waals surface area (Å²) in [6.45, 7) is 1.81. The number of hydrogen-bond donors (Lipinski definition) is 1. The maximum atomic E-state index is 12.6. The molecule has 0 saturated carbocycles. The molecule has 0 radical (unpaired) electrons. The highest BCUT2D eigenvalue weighted by molar-refractivity contribution is 9.10. The van der Waals surface area contributed by atoms with Crippen LogP contribution in [0, 0.1) is 0 Å². The summed E-state index contributed by atoms with van der Waals surface area (Å²) < 4.78 is 24.3. The highest BCUT2D eigenvalue weighted by Crippen LogP contribution is 2.27. The van der Waals surface area contributed by atoms with Crippen LogP contribution in [0.2, 0.25) is 0 Å². The van der Waals surface area contributed by atoms with E-state index >= 15 is 0 Å². The maximum Gasteiger partial charge on any atom is 0.235 e. The normalized spacial score (nSPS) is 20.0. The van der Waals surface area contributed by atoms with E-state index in [0.29, 0.717) is 11.6 Å². The fourth-order valence-electron chi connectivity index (χ4n) is 2.90. The maximum absolute atomic E-state index is 12.6. The van der Waals surface area contributed by atoms with Crippen molar-refractivity contribution in [1.82, 2.24) is 14.9 Å². The van der Waals surface area contributed by atoms with Gasteiger partial charge in [0, 0.05) is 17.6 Å². The first kappa shape index (κ1) is 19.4. The number of nitrogens with zero attached hydrogens (tertiary/aromatic N) is 2. The van der Waals surface area contributed by atoms with Gasteiger partial charge in [-0.25, -0.2) is 13.4 Å². The van der Waals surface area contributed by atoms with Crippen molar-refractivity contribution >= 4 is 43.4 Å². The average molecular weight is 458 g/mol. The van der Waals surface area contributed by atoms with E-state index in [1.807, 2.05) is 31.2 Å². The Labute approximate surface area is 165 Å². The van der Waals surface area contributed by atoms with Crippen LogP contribution < -0.4 is 0 Å². The lowest BCUT2D eigenvalue weighted by atomic mass is 10.2. The van der Waals surface area contributed by atoms with E-state index in [1.54, 1.807) is 18.1 Å². The van der Waals surface area contributed by atoms with Crippen LogP contribution in [-0.4, -0.2) is 59.0 Å². The van der Waals surface area contributed by atoms with Crippen molar-refractivity contribution < 1.29 is 13.2 Å². The molecule has 0 spiro atoms. The number of hydrogen-bond acceptors (Lipinski definition) is 5. The quantitative estimate of drug-likeness (QED) is 0.697. The Balaban J connectivity index is 1.63. The third-order valence-electron chi connectivity index (χ3n) is 4.45. The molecule has 1 aliphatic rings. The van der Waals surface area contributed by atoms with Gasteiger partial charge >= 0.3 is 0 Å². The van der Waals surface area contributed by atoms with Gasteiger partial charge in [-0.05, 0) is 31.0 Å². The molecule has 1 amide bonds. The van der Waals surface area contributed by atoms with E-state index < -0.39 is 9.84 Å². The summed E-state index contributed by atoms with van der Waals surface area (Å²) in [7, 11) is -1.33. The fourth-order valence-corrected chi connectivity index (χ4v) is 5.83. The van der Waals surface area contributed by atoms with Crippen LogP contribution in [0.1, 0.15) is 13.3 Å². The first-order valence-corrected chi connectivity index (χ1v) is 11.7. The van der Waals surface area contributed by atoms with E-state index in [1.165, 1.54) is 11.8 Å². The van der Waals surface area contributed by atoms with E-state index in [-0.39, 0.29) is 28.7 Å². The van der Waals surface area contributed by atoms with Gasteiger partial charge in [0.25, 0.3) is 0 Å². The van der Waals surface area contributed by atoms with Crippen molar-refractivity contribution in [2.75, 3.05) is 18.6 Å². The molecule has 1 fully saturated rings. The molecule has 2 heterocycles. The molecule has 2 aromatic rings. The van der Waals surface area contributed by atoms with Gasteiger partial charge in [-0.3, -0.25) is 4.79 Å². The number of nitrogens with one attached hydrogen (secondary N) is 1. The van der Waals surface area contributed by atoms with Crippen molar-refractivity contribution in [1.29, 1.82) is 0 Å². The summed E-state index contributed by atoms with van der Waals surface area (Å²) in [5.41, 5.74) is 1.90. The smallest absolute Gasteiger partial charge is 0.235 e. The molecule has 1 N–H and O–H groups in total. The van der Waals surface area contributed by atoms with Crippen LogP contribution >= 0.6 is 27.7 Å². The topological polar surface area (TPSA) is 83.1 Å². The average Bonchev–Trinajstić information content (AvgIpc) is 3.20. The molecule has 1 saturated heterocycles. The third kappa shape index (κ3) is 4.50. The van der Waals surface area contributed by atoms with E-state index in [9.17, 15) is 13.2 Å². The number of rotatable bonds is 5. The summed E-state index contributed by atoms with van der Waals surface area (Å²) in [6.07, 6.45) is 2.26. The van der Waals surface area contributed by atoms with E-state index in [4.69, 9.17) is 0 Å². The van der Waals surface area contributed by atoms with Gasteiger partial charge in [-0.1, -0.05) is 39.8 Å². The van der Waals surface area contributed by atoms with Crippen LogP contribution in [-0.2, 0) is 14.6 Å². The van der Waals surface area contributed by atoms with Crippen molar-refractivity contribution in [2.24, 2.45) is 0 Å². The molecular formula is C17H20BrN3O3S2. The second kappa shape index (κ2) is 7.74. The second-order valence-corrected chi connectivity index (χ2v) is 10.8. The highest BCUT2D eigenvalue weighted by atomic mass is 79.9. The monoisotopic (exact) mass is 457 g/mol. The fraction of sp³-hybridized carbons (Fsp3) is 0.412. The Bertz CT molecular complexity index is 896. The zero-order valence-electron chi connectivity index (χ0n) is 14.5. The van der Waals surface area contributed by atoms with Crippen LogP contribution in [0.5, 0.6) is 0 Å². The number of thioether (sulfide) groups is 1. The number of carbonyl (C=O) groups excluding carboxylic acids is 1. The van der Waals surface area contributed by atoms with Gasteiger partial charge in [-0.2, -0.15) is 0 Å². The number of amides is 1. The first-order valence-electron chi connectivity index (χ1n) is 8.20. The lowest BCUT2D eigenvalue weighted by Gasteiger charge is -2.25. The molecule has 0 aliphatic carbocycles. The molecule has 3 rings (SSSR count). The lowest BCUT2D eigenvalue weighted by Crippen LogP contribution is -2.41. The molecule has 6 nitrogen and oxygen atoms in total. The number of aromatic nitrogens is 2. The zero-order valence-corrected chi connectivity index (χ0v) is 17.7. The van der Waals surface area contributed by atoms with Gasteiger partial charge in [0.15, 0.2) is 15.0 Å². The minimum absolute atomic E-state index is 0.0566. The molecular weight excluding hydrogens is 438 g/mol. The first-order chi connectivity index (χ1) is 12.2. The molecule has 0 bridgehead atoms. The van der Waals surface area contributed by atoms with Crippen LogP contribution in [0.3, 0.4) is 0 Å². The molecule has 1 aromatic carbocycles. The minimum atomic E-state index is -3.01. The number of carbonyl (C=O) groups is 1. The largest absolute Gasteiger partial charge is 0.341 e. The number of H-pyrrole nitrogens is 1. The van der Waals surface area contributed by atoms with Crippen molar-refractivity contribution in [3.63, 3.8) is 0 Å². The Morgan fingerprint density at radius 2 is 2.08 bits per heavy atom. The number of imidazole rings is 1. The molecule has 26 heavy (non-hydrogen) atoms. The van der Waals surface area contributed by atoms with Gasteiger partial charge in [-0.15, -0.1) is 0 Å². The van der Waals surface area contributed by atoms with Gasteiger partial charge in [0.05, 0.1) is 28.6 Å². The summed E-state index contributed by atoms with van der Waals surface area (Å²) >= 11 is 4.75. The summed E-state index contributed by atoms with van der Waals surface area (Å²) in [6, 6.07) is 7.65. The number of benzene rings is 1. The minimum Gasteiger partial charge on any atom is -0.341 e. The Morgan fingerprint density at radius 1 is 1.38 bits per heavy atom. The summed E-state index contributed by atoms with van der Waals surface area (Å²) in [5.74, 6) is 0.130. The Morgan fingerprint density at radius 3 is 2.69 bits per heavy atom. The molecule has 2 atom stereocenters. The SMILES string of the molecule is C[C@H](Sc1ncc(-c2ccc(Br)cc2)[nH]1)C(=O)N(C)[C@H]1CCS(=O)(=O)C1. The standard InChI is InChI=1S/C17H20BrN3O3S2/c1-11(16(22)21(2)14-7-8-26(23,24)10-14)25-17-19-9-15(20-17)12-3-5-13(18)6-4-12/h3-6,9,11,14H,7-8,10H2,1-2H3,(H,19,20)/t11-,14-/m0/s1. The molecule has 1 aromatic heterocycles. The Hall–Kier alpha value is -1.32. The van der Waals surface area contributed by atoms with Crippen LogP contribution in [0.4, 0.5) is 0 Å². The number of aromatic amines is 1. The zero-order chi connectivity index (χ0) is 18.9. The van der Waals surface area contributed by atoms with Crippen molar-refractivity contribution in [3.8, 4) is 11.3 Å². The highest BCUT2D eigenvalue weighted by Gasteiger charge is 2.34. The number of halogens is 1. The van der Waals surface area contributed by atoms with E-state index in [0.717, 1.165) is 15.7 Å². The van der Waals surface area contributed by atoms with Crippen LogP contribution in [0.25, 0.3) is 11.3 Å². The molecule has 140 valence electrons. The van der Waals surface area contributed by atoms with Gasteiger partial charge in [0.1, 0.15) is 0 Å². The Kier molecular flexibility index (Phi) is 5.78. The van der Waals surface area contributed by atoms with Crippen LogP contribution in [0.15, 0.2) is 40.1 Å².